The van der Waals surface area contributed by atoms with Crippen molar-refractivity contribution < 1.29 is 20.8 Å². The summed E-state index contributed by atoms with van der Waals surface area (Å²) in [6.07, 6.45) is 0. The fourth-order valence-corrected chi connectivity index (χ4v) is 5.00. The Morgan fingerprint density at radius 2 is 0.781 bits per heavy atom. The van der Waals surface area contributed by atoms with Crippen molar-refractivity contribution in [2.75, 3.05) is 0 Å². The Kier molecular flexibility index (Phi) is 7.58. The summed E-state index contributed by atoms with van der Waals surface area (Å²) >= 11 is -11.1. The van der Waals surface area contributed by atoms with Crippen LogP contribution in [0.3, 0.4) is 0 Å². The summed E-state index contributed by atoms with van der Waals surface area (Å²) in [5, 5.41) is 0. The average Bonchev–Trinajstić information content (AvgIpc) is 2.67. The topological polar surface area (TPSA) is 0 Å². The number of rotatable bonds is 5. The van der Waals surface area contributed by atoms with Gasteiger partial charge in [-0.3, -0.25) is 0 Å². The van der Waals surface area contributed by atoms with Gasteiger partial charge in [0.15, 0.2) is 14.7 Å². The van der Waals surface area contributed by atoms with Gasteiger partial charge in [0.2, 0.25) is 0 Å². The Labute approximate surface area is 189 Å². The Bertz CT molecular complexity index is 934. The van der Waals surface area contributed by atoms with E-state index in [4.69, 9.17) is 0 Å². The second kappa shape index (κ2) is 9.18. The molecule has 0 aliphatic heterocycles. The predicted molar refractivity (Wildman–Crippen MR) is 122 cm³/mol. The van der Waals surface area contributed by atoms with Gasteiger partial charge >= 0.3 is 35.0 Å². The molecule has 3 aromatic rings. The van der Waals surface area contributed by atoms with Gasteiger partial charge in [-0.15, -0.1) is 0 Å². The summed E-state index contributed by atoms with van der Waals surface area (Å²) in [7, 11) is -0.0576. The normalized spacial score (nSPS) is 14.0. The Morgan fingerprint density at radius 3 is 1.06 bits per heavy atom. The molecule has 3 aromatic carbocycles. The van der Waals surface area contributed by atoms with Crippen molar-refractivity contribution in [3.63, 3.8) is 0 Å². The van der Waals surface area contributed by atoms with E-state index in [2.05, 4.69) is 107 Å². The van der Waals surface area contributed by atoms with Crippen LogP contribution in [0.1, 0.15) is 50.7 Å². The van der Waals surface area contributed by atoms with Gasteiger partial charge in [0, 0.05) is 0 Å². The Balaban J connectivity index is 0.000000451. The third kappa shape index (κ3) is 9.74. The van der Waals surface area contributed by atoms with Crippen LogP contribution < -0.4 is 0 Å². The minimum atomic E-state index is -11.1. The van der Waals surface area contributed by atoms with Crippen LogP contribution in [-0.4, -0.2) is 14.2 Å². The third-order valence-electron chi connectivity index (χ3n) is 4.54. The maximum absolute atomic E-state index is 11.1. The van der Waals surface area contributed by atoms with Crippen LogP contribution in [0, 0.1) is 0 Å². The van der Waals surface area contributed by atoms with Gasteiger partial charge < -0.3 is 0 Å². The van der Waals surface area contributed by atoms with Gasteiger partial charge in [0.25, 0.3) is 0 Å². The molecule has 0 aliphatic rings. The van der Waals surface area contributed by atoms with Crippen molar-refractivity contribution in [3.8, 4) is 0 Å². The van der Waals surface area contributed by atoms with Crippen molar-refractivity contribution in [2.45, 2.75) is 54.2 Å². The second-order valence-corrected chi connectivity index (χ2v) is 14.1. The van der Waals surface area contributed by atoms with Crippen molar-refractivity contribution in [1.82, 2.24) is 0 Å². The molecular weight excluding hydrogens is 509 g/mol. The quantitative estimate of drug-likeness (QED) is 0.173. The first kappa shape index (κ1) is 26.4. The zero-order chi connectivity index (χ0) is 24.2. The molecule has 176 valence electrons. The molecule has 0 saturated heterocycles. The summed E-state index contributed by atoms with van der Waals surface area (Å²) in [5.74, 6) is 1.13. The molecule has 0 saturated carbocycles. The molecule has 0 radical (unpaired) electrons. The molecule has 8 heteroatoms. The molecule has 0 spiro atoms. The van der Waals surface area contributed by atoms with E-state index >= 15 is 0 Å². The van der Waals surface area contributed by atoms with E-state index < -0.39 is 14.2 Å². The second-order valence-electron chi connectivity index (χ2n) is 8.03. The summed E-state index contributed by atoms with van der Waals surface area (Å²) in [6.45, 7) is 8.99. The first-order chi connectivity index (χ1) is 14.5. The first-order valence-corrected chi connectivity index (χ1v) is 15.5. The number of hydrogen-bond acceptors (Lipinski definition) is 0. The standard InChI is InChI=1S/C24H27S.AsF6/c1-18(2)20-10-14-23(15-11-20)25(22-8-6-5-7-9-22)24-16-12-21(13-17-24)19(3)4;2-1(3,4,5,6)7/h5-19H,1-4H3;/q+1;-1. The van der Waals surface area contributed by atoms with E-state index in [-0.39, 0.29) is 10.9 Å². The summed E-state index contributed by atoms with van der Waals surface area (Å²) in [5.41, 5.74) is 2.80. The fraction of sp³-hybridized carbons (Fsp3) is 0.250. The van der Waals surface area contributed by atoms with Crippen LogP contribution in [0.25, 0.3) is 0 Å². The van der Waals surface area contributed by atoms with Crippen molar-refractivity contribution in [2.24, 2.45) is 0 Å². The molecule has 0 bridgehead atoms. The SMILES string of the molecule is CC(C)c1ccc([S+](c2ccccc2)c2ccc(C(C)C)cc2)cc1.F[As-](F)(F)(F)(F)F. The van der Waals surface area contributed by atoms with Gasteiger partial charge in [-0.1, -0.05) is 70.2 Å². The van der Waals surface area contributed by atoms with Gasteiger partial charge in [0.1, 0.15) is 0 Å². The van der Waals surface area contributed by atoms with Gasteiger partial charge in [-0.2, -0.15) is 0 Å². The summed E-state index contributed by atoms with van der Waals surface area (Å²) < 4.78 is 59.4. The molecule has 0 amide bonds. The van der Waals surface area contributed by atoms with E-state index in [1.165, 1.54) is 25.8 Å². The van der Waals surface area contributed by atoms with Crippen LogP contribution in [0.5, 0.6) is 0 Å². The molecule has 0 heterocycles. The van der Waals surface area contributed by atoms with E-state index in [1.807, 2.05) is 0 Å². The van der Waals surface area contributed by atoms with Crippen LogP contribution in [0.15, 0.2) is 93.5 Å². The molecule has 3 rings (SSSR count). The minimum absolute atomic E-state index is 0.0576. The molecule has 0 nitrogen and oxygen atoms in total. The maximum atomic E-state index is 9.91. The molecule has 32 heavy (non-hydrogen) atoms. The fourth-order valence-electron chi connectivity index (χ4n) is 2.94. The molecule has 0 aliphatic carbocycles. The third-order valence-corrected chi connectivity index (χ3v) is 6.77. The molecule has 0 fully saturated rings. The Hall–Kier alpha value is -1.85. The molecule has 0 N–H and O–H groups in total. The molecule has 0 aromatic heterocycles. The van der Waals surface area contributed by atoms with E-state index in [1.54, 1.807) is 0 Å². The number of halogens is 6. The number of hydrogen-bond donors (Lipinski definition) is 0. The number of benzene rings is 3. The average molecular weight is 536 g/mol. The summed E-state index contributed by atoms with van der Waals surface area (Å²) in [4.78, 5) is 4.14. The van der Waals surface area contributed by atoms with Crippen LogP contribution in [0.4, 0.5) is 20.8 Å². The van der Waals surface area contributed by atoms with Gasteiger partial charge in [-0.25, -0.2) is 0 Å². The summed E-state index contributed by atoms with van der Waals surface area (Å²) in [6, 6.07) is 29.2. The van der Waals surface area contributed by atoms with Crippen molar-refractivity contribution >= 4 is 25.1 Å². The van der Waals surface area contributed by atoms with Crippen molar-refractivity contribution in [3.05, 3.63) is 90.0 Å². The van der Waals surface area contributed by atoms with Crippen LogP contribution in [-0.2, 0) is 10.9 Å². The van der Waals surface area contributed by atoms with E-state index in [0.29, 0.717) is 11.8 Å². The first-order valence-electron chi connectivity index (χ1n) is 10.1. The molecule has 0 atom stereocenters. The van der Waals surface area contributed by atoms with Gasteiger partial charge in [0.05, 0.1) is 10.9 Å². The van der Waals surface area contributed by atoms with Gasteiger partial charge in [-0.05, 0) is 59.4 Å². The van der Waals surface area contributed by atoms with E-state index in [0.717, 1.165) is 0 Å². The monoisotopic (exact) mass is 536 g/mol. The molecular formula is C24H27AsF6S. The predicted octanol–water partition coefficient (Wildman–Crippen LogP) is 9.17. The van der Waals surface area contributed by atoms with Crippen LogP contribution in [0.2, 0.25) is 0 Å². The zero-order valence-corrected chi connectivity index (χ0v) is 21.0. The van der Waals surface area contributed by atoms with E-state index in [9.17, 15) is 20.8 Å². The van der Waals surface area contributed by atoms with Crippen molar-refractivity contribution in [1.29, 1.82) is 0 Å². The Morgan fingerprint density at radius 1 is 0.500 bits per heavy atom. The van der Waals surface area contributed by atoms with Crippen LogP contribution >= 0.6 is 0 Å². The zero-order valence-electron chi connectivity index (χ0n) is 18.3. The molecule has 0 unspecified atom stereocenters.